The van der Waals surface area contributed by atoms with Gasteiger partial charge in [-0.05, 0) is 36.6 Å². The number of anilines is 2. The first-order chi connectivity index (χ1) is 12.7. The summed E-state index contributed by atoms with van der Waals surface area (Å²) >= 11 is 0. The largest absolute Gasteiger partial charge is 0.326 e. The number of hydrogen-bond acceptors (Lipinski definition) is 4. The maximum atomic E-state index is 12.2. The third kappa shape index (κ3) is 5.53. The van der Waals surface area contributed by atoms with E-state index in [0.717, 1.165) is 36.2 Å². The van der Waals surface area contributed by atoms with Crippen LogP contribution in [0, 0.1) is 0 Å². The summed E-state index contributed by atoms with van der Waals surface area (Å²) in [6, 6.07) is 5.68. The monoisotopic (exact) mass is 375 g/mol. The van der Waals surface area contributed by atoms with Gasteiger partial charge in [0.1, 0.15) is 0 Å². The van der Waals surface area contributed by atoms with Crippen molar-refractivity contribution < 1.29 is 19.6 Å². The highest BCUT2D eigenvalue weighted by molar-refractivity contribution is 5.98. The van der Waals surface area contributed by atoms with E-state index in [1.807, 2.05) is 32.0 Å². The Morgan fingerprint density at radius 1 is 1.11 bits per heavy atom. The fraction of sp³-hybridized carbons (Fsp3) is 0.550. The molecule has 1 aliphatic rings. The van der Waals surface area contributed by atoms with Crippen LogP contribution in [0.1, 0.15) is 64.4 Å². The molecule has 7 heteroatoms. The number of rotatable bonds is 8. The molecule has 0 aromatic heterocycles. The predicted molar refractivity (Wildman–Crippen MR) is 104 cm³/mol. The van der Waals surface area contributed by atoms with Gasteiger partial charge in [-0.2, -0.15) is 0 Å². The van der Waals surface area contributed by atoms with Gasteiger partial charge in [0.2, 0.25) is 17.7 Å². The maximum absolute atomic E-state index is 12.2. The zero-order valence-corrected chi connectivity index (χ0v) is 16.3. The quantitative estimate of drug-likeness (QED) is 0.369. The van der Waals surface area contributed by atoms with E-state index in [-0.39, 0.29) is 23.1 Å². The first kappa shape index (κ1) is 20.9. The SMILES string of the molecule is CN1C(=O)CC(C)(C)c2cc(NC(=O)CCCCCCC(=O)NO)ccc21. The molecule has 148 valence electrons. The van der Waals surface area contributed by atoms with Crippen molar-refractivity contribution in [1.82, 2.24) is 5.48 Å². The molecule has 0 aliphatic carbocycles. The Labute approximate surface area is 160 Å². The summed E-state index contributed by atoms with van der Waals surface area (Å²) in [7, 11) is 1.78. The summed E-state index contributed by atoms with van der Waals surface area (Å²) in [6.07, 6.45) is 4.31. The van der Waals surface area contributed by atoms with Crippen LogP contribution in [0.5, 0.6) is 0 Å². The number of carbonyl (C=O) groups is 3. The van der Waals surface area contributed by atoms with Crippen molar-refractivity contribution in [2.24, 2.45) is 0 Å². The average Bonchev–Trinajstić information content (AvgIpc) is 2.62. The van der Waals surface area contributed by atoms with Crippen LogP contribution in [0.3, 0.4) is 0 Å². The molecule has 2 rings (SSSR count). The minimum absolute atomic E-state index is 0.0407. The standard InChI is InChI=1S/C20H29N3O4/c1-20(2)13-19(26)23(3)16-11-10-14(12-15(16)20)21-17(24)8-6-4-5-7-9-18(25)22-27/h10-12,27H,4-9,13H2,1-3H3,(H,21,24)(H,22,25). The lowest BCUT2D eigenvalue weighted by molar-refractivity contribution is -0.129. The number of carbonyl (C=O) groups excluding carboxylic acids is 3. The van der Waals surface area contributed by atoms with E-state index >= 15 is 0 Å². The third-order valence-corrected chi connectivity index (χ3v) is 5.02. The van der Waals surface area contributed by atoms with Gasteiger partial charge in [-0.15, -0.1) is 0 Å². The van der Waals surface area contributed by atoms with Crippen LogP contribution >= 0.6 is 0 Å². The van der Waals surface area contributed by atoms with Crippen LogP contribution in [-0.2, 0) is 19.8 Å². The molecule has 0 saturated heterocycles. The normalized spacial score (nSPS) is 15.3. The van der Waals surface area contributed by atoms with Crippen LogP contribution in [0.4, 0.5) is 11.4 Å². The molecule has 7 nitrogen and oxygen atoms in total. The van der Waals surface area contributed by atoms with Gasteiger partial charge >= 0.3 is 0 Å². The first-order valence-electron chi connectivity index (χ1n) is 9.38. The molecule has 3 N–H and O–H groups in total. The molecular formula is C20H29N3O4. The number of benzene rings is 1. The Morgan fingerprint density at radius 3 is 2.37 bits per heavy atom. The molecule has 0 unspecified atom stereocenters. The molecule has 3 amide bonds. The van der Waals surface area contributed by atoms with Gasteiger partial charge in [0.15, 0.2) is 0 Å². The second-order valence-electron chi connectivity index (χ2n) is 7.74. The van der Waals surface area contributed by atoms with Crippen molar-refractivity contribution in [3.63, 3.8) is 0 Å². The Morgan fingerprint density at radius 2 is 1.74 bits per heavy atom. The molecule has 0 atom stereocenters. The van der Waals surface area contributed by atoms with Gasteiger partial charge in [-0.1, -0.05) is 26.7 Å². The Hall–Kier alpha value is -2.41. The van der Waals surface area contributed by atoms with E-state index < -0.39 is 0 Å². The number of amides is 3. The lowest BCUT2D eigenvalue weighted by Gasteiger charge is -2.37. The van der Waals surface area contributed by atoms with Crippen LogP contribution in [0.2, 0.25) is 0 Å². The summed E-state index contributed by atoms with van der Waals surface area (Å²) < 4.78 is 0. The molecule has 1 aliphatic heterocycles. The molecule has 1 aromatic rings. The Kier molecular flexibility index (Phi) is 6.96. The maximum Gasteiger partial charge on any atom is 0.243 e. The number of hydroxylamine groups is 1. The lowest BCUT2D eigenvalue weighted by atomic mass is 9.77. The van der Waals surface area contributed by atoms with Crippen molar-refractivity contribution in [3.05, 3.63) is 23.8 Å². The van der Waals surface area contributed by atoms with Gasteiger partial charge in [-0.3, -0.25) is 19.6 Å². The zero-order valence-electron chi connectivity index (χ0n) is 16.3. The molecule has 0 radical (unpaired) electrons. The molecule has 0 saturated carbocycles. The van der Waals surface area contributed by atoms with Crippen molar-refractivity contribution in [1.29, 1.82) is 0 Å². The smallest absolute Gasteiger partial charge is 0.243 e. The zero-order chi connectivity index (χ0) is 20.0. The third-order valence-electron chi connectivity index (χ3n) is 5.02. The highest BCUT2D eigenvalue weighted by atomic mass is 16.5. The van der Waals surface area contributed by atoms with E-state index in [1.165, 1.54) is 0 Å². The number of hydrogen-bond donors (Lipinski definition) is 3. The summed E-state index contributed by atoms with van der Waals surface area (Å²) in [6.45, 7) is 4.08. The Bertz CT molecular complexity index is 715. The fourth-order valence-corrected chi connectivity index (χ4v) is 3.38. The van der Waals surface area contributed by atoms with Gasteiger partial charge in [0.05, 0.1) is 0 Å². The van der Waals surface area contributed by atoms with Crippen LogP contribution in [-0.4, -0.2) is 30.0 Å². The average molecular weight is 375 g/mol. The minimum Gasteiger partial charge on any atom is -0.326 e. The number of fused-ring (bicyclic) bond motifs is 1. The summed E-state index contributed by atoms with van der Waals surface area (Å²) in [5.41, 5.74) is 4.04. The molecule has 0 bridgehead atoms. The molecular weight excluding hydrogens is 346 g/mol. The Balaban J connectivity index is 1.85. The van der Waals surface area contributed by atoms with E-state index in [4.69, 9.17) is 5.21 Å². The molecule has 0 fully saturated rings. The van der Waals surface area contributed by atoms with Crippen molar-refractivity contribution in [3.8, 4) is 0 Å². The van der Waals surface area contributed by atoms with E-state index in [2.05, 4.69) is 5.32 Å². The number of nitrogens with one attached hydrogen (secondary N) is 2. The van der Waals surface area contributed by atoms with Gasteiger partial charge in [-0.25, -0.2) is 5.48 Å². The first-order valence-corrected chi connectivity index (χ1v) is 9.38. The number of nitrogens with zero attached hydrogens (tertiary/aromatic N) is 1. The molecule has 0 spiro atoms. The van der Waals surface area contributed by atoms with Crippen molar-refractivity contribution in [2.75, 3.05) is 17.3 Å². The topological polar surface area (TPSA) is 98.7 Å². The second-order valence-corrected chi connectivity index (χ2v) is 7.74. The van der Waals surface area contributed by atoms with E-state index in [0.29, 0.717) is 25.7 Å². The van der Waals surface area contributed by atoms with E-state index in [1.54, 1.807) is 17.4 Å². The second kappa shape index (κ2) is 8.99. The number of unbranched alkanes of at least 4 members (excludes halogenated alkanes) is 3. The highest BCUT2D eigenvalue weighted by Gasteiger charge is 2.35. The predicted octanol–water partition coefficient (Wildman–Crippen LogP) is 3.12. The minimum atomic E-state index is -0.379. The van der Waals surface area contributed by atoms with Gasteiger partial charge in [0.25, 0.3) is 0 Å². The highest BCUT2D eigenvalue weighted by Crippen LogP contribution is 2.40. The van der Waals surface area contributed by atoms with Crippen LogP contribution in [0.25, 0.3) is 0 Å². The fourth-order valence-electron chi connectivity index (χ4n) is 3.38. The van der Waals surface area contributed by atoms with Crippen molar-refractivity contribution in [2.45, 2.75) is 64.2 Å². The molecule has 27 heavy (non-hydrogen) atoms. The van der Waals surface area contributed by atoms with Crippen molar-refractivity contribution >= 4 is 29.1 Å². The summed E-state index contributed by atoms with van der Waals surface area (Å²) in [5.74, 6) is -0.322. The lowest BCUT2D eigenvalue weighted by Crippen LogP contribution is -2.39. The molecule has 1 aromatic carbocycles. The van der Waals surface area contributed by atoms with Crippen LogP contribution in [0.15, 0.2) is 18.2 Å². The van der Waals surface area contributed by atoms with Gasteiger partial charge in [0, 0.05) is 43.1 Å². The van der Waals surface area contributed by atoms with Crippen LogP contribution < -0.4 is 15.7 Å². The molecule has 1 heterocycles. The van der Waals surface area contributed by atoms with E-state index in [9.17, 15) is 14.4 Å². The summed E-state index contributed by atoms with van der Waals surface area (Å²) in [5, 5.41) is 11.3. The summed E-state index contributed by atoms with van der Waals surface area (Å²) in [4.78, 5) is 36.8. The van der Waals surface area contributed by atoms with Gasteiger partial charge < -0.3 is 10.2 Å².